The lowest BCUT2D eigenvalue weighted by molar-refractivity contribution is -0.118. The predicted molar refractivity (Wildman–Crippen MR) is 80.8 cm³/mol. The molecule has 1 N–H and O–H groups in total. The first kappa shape index (κ1) is 13.3. The number of nitrogens with one attached hydrogen (secondary N) is 1. The molecule has 0 spiro atoms. The molecule has 0 saturated heterocycles. The summed E-state index contributed by atoms with van der Waals surface area (Å²) in [5.74, 6) is 0.313. The number of thiophene rings is 1. The molecule has 102 valence electrons. The van der Waals surface area contributed by atoms with Gasteiger partial charge in [0.05, 0.1) is 14.4 Å². The van der Waals surface area contributed by atoms with E-state index < -0.39 is 0 Å². The maximum absolute atomic E-state index is 12.4. The minimum absolute atomic E-state index is 0.0113. The lowest BCUT2D eigenvalue weighted by Gasteiger charge is -2.18. The second-order valence-electron chi connectivity index (χ2n) is 4.44. The Labute approximate surface area is 127 Å². The molecule has 2 heterocycles. The van der Waals surface area contributed by atoms with Gasteiger partial charge in [0, 0.05) is 5.56 Å². The van der Waals surface area contributed by atoms with E-state index in [4.69, 9.17) is 4.74 Å². The van der Waals surface area contributed by atoms with E-state index in [0.29, 0.717) is 21.9 Å². The first-order valence-corrected chi connectivity index (χ1v) is 7.53. The molecular formula is C14H10BrNO3S. The Morgan fingerprint density at radius 1 is 1.40 bits per heavy atom. The Bertz CT molecular complexity index is 704. The molecule has 1 aliphatic rings. The highest BCUT2D eigenvalue weighted by molar-refractivity contribution is 9.11. The van der Waals surface area contributed by atoms with Gasteiger partial charge in [-0.2, -0.15) is 0 Å². The number of halogens is 1. The molecule has 4 nitrogen and oxygen atoms in total. The van der Waals surface area contributed by atoms with E-state index in [1.54, 1.807) is 18.2 Å². The molecule has 2 aromatic rings. The van der Waals surface area contributed by atoms with Crippen molar-refractivity contribution in [3.05, 3.63) is 44.1 Å². The zero-order valence-electron chi connectivity index (χ0n) is 10.5. The Kier molecular flexibility index (Phi) is 3.35. The van der Waals surface area contributed by atoms with Crippen molar-refractivity contribution in [3.63, 3.8) is 0 Å². The lowest BCUT2D eigenvalue weighted by Crippen LogP contribution is -2.25. The summed E-state index contributed by atoms with van der Waals surface area (Å²) >= 11 is 4.82. The number of rotatable bonds is 2. The Balaban J connectivity index is 1.96. The molecule has 0 atom stereocenters. The van der Waals surface area contributed by atoms with Crippen LogP contribution in [0, 0.1) is 6.92 Å². The van der Waals surface area contributed by atoms with Gasteiger partial charge in [-0.3, -0.25) is 9.59 Å². The minimum Gasteiger partial charge on any atom is -0.482 e. The molecule has 1 aromatic heterocycles. The summed E-state index contributed by atoms with van der Waals surface area (Å²) in [6.07, 6.45) is 0. The highest BCUT2D eigenvalue weighted by atomic mass is 79.9. The third-order valence-electron chi connectivity index (χ3n) is 2.96. The number of carbonyl (C=O) groups is 2. The van der Waals surface area contributed by atoms with Crippen LogP contribution < -0.4 is 10.1 Å². The third kappa shape index (κ3) is 2.36. The van der Waals surface area contributed by atoms with Crippen LogP contribution >= 0.6 is 27.3 Å². The Hall–Kier alpha value is -1.66. The average molecular weight is 352 g/mol. The summed E-state index contributed by atoms with van der Waals surface area (Å²) in [5.41, 5.74) is 2.11. The van der Waals surface area contributed by atoms with Crippen LogP contribution in [0.15, 0.2) is 28.1 Å². The summed E-state index contributed by atoms with van der Waals surface area (Å²) in [5, 5.41) is 2.70. The van der Waals surface area contributed by atoms with Gasteiger partial charge < -0.3 is 10.1 Å². The van der Waals surface area contributed by atoms with Crippen LogP contribution in [0.25, 0.3) is 0 Å². The zero-order chi connectivity index (χ0) is 14.3. The molecular weight excluding hydrogens is 342 g/mol. The number of fused-ring (bicyclic) bond motifs is 1. The number of amides is 1. The van der Waals surface area contributed by atoms with Crippen molar-refractivity contribution in [2.75, 3.05) is 11.9 Å². The maximum Gasteiger partial charge on any atom is 0.262 e. The monoisotopic (exact) mass is 351 g/mol. The van der Waals surface area contributed by atoms with Gasteiger partial charge in [-0.1, -0.05) is 0 Å². The number of aryl methyl sites for hydroxylation is 1. The molecule has 0 fully saturated rings. The number of benzene rings is 1. The van der Waals surface area contributed by atoms with Crippen LogP contribution in [0.4, 0.5) is 5.69 Å². The van der Waals surface area contributed by atoms with E-state index in [-0.39, 0.29) is 18.3 Å². The number of hydrogen-bond donors (Lipinski definition) is 1. The third-order valence-corrected chi connectivity index (χ3v) is 5.09. The summed E-state index contributed by atoms with van der Waals surface area (Å²) < 4.78 is 6.23. The molecule has 0 unspecified atom stereocenters. The minimum atomic E-state index is -0.211. The quantitative estimate of drug-likeness (QED) is 0.843. The summed E-state index contributed by atoms with van der Waals surface area (Å²) in [4.78, 5) is 24.4. The van der Waals surface area contributed by atoms with Crippen molar-refractivity contribution < 1.29 is 14.3 Å². The average Bonchev–Trinajstić information content (AvgIpc) is 2.77. The predicted octanol–water partition coefficient (Wildman–Crippen LogP) is 3.38. The number of carbonyl (C=O) groups excluding carboxylic acids is 2. The Morgan fingerprint density at radius 2 is 2.20 bits per heavy atom. The maximum atomic E-state index is 12.4. The van der Waals surface area contributed by atoms with Crippen molar-refractivity contribution in [2.24, 2.45) is 0 Å². The smallest absolute Gasteiger partial charge is 0.262 e. The van der Waals surface area contributed by atoms with E-state index in [9.17, 15) is 9.59 Å². The van der Waals surface area contributed by atoms with Crippen LogP contribution in [0.3, 0.4) is 0 Å². The summed E-state index contributed by atoms with van der Waals surface area (Å²) in [6.45, 7) is 1.95. The number of ether oxygens (including phenoxy) is 1. The van der Waals surface area contributed by atoms with Gasteiger partial charge >= 0.3 is 0 Å². The van der Waals surface area contributed by atoms with Gasteiger partial charge in [0.25, 0.3) is 5.91 Å². The normalized spacial score (nSPS) is 13.4. The molecule has 0 saturated carbocycles. The van der Waals surface area contributed by atoms with E-state index in [0.717, 1.165) is 9.35 Å². The van der Waals surface area contributed by atoms with Crippen LogP contribution in [0.1, 0.15) is 20.8 Å². The molecule has 0 aliphatic carbocycles. The van der Waals surface area contributed by atoms with Crippen molar-refractivity contribution in [3.8, 4) is 5.75 Å². The largest absolute Gasteiger partial charge is 0.482 e. The molecule has 1 amide bonds. The molecule has 1 aliphatic heterocycles. The molecule has 0 bridgehead atoms. The van der Waals surface area contributed by atoms with Gasteiger partial charge in [-0.15, -0.1) is 11.3 Å². The fourth-order valence-corrected chi connectivity index (χ4v) is 3.44. The SMILES string of the molecule is Cc1cc(C(=O)c2ccc3c(c2)NC(=O)CO3)sc1Br. The van der Waals surface area contributed by atoms with Crippen LogP contribution in [0.2, 0.25) is 0 Å². The van der Waals surface area contributed by atoms with E-state index >= 15 is 0 Å². The number of anilines is 1. The molecule has 6 heteroatoms. The highest BCUT2D eigenvalue weighted by Gasteiger charge is 2.19. The Morgan fingerprint density at radius 3 is 2.90 bits per heavy atom. The van der Waals surface area contributed by atoms with Gasteiger partial charge in [-0.05, 0) is 52.7 Å². The van der Waals surface area contributed by atoms with Gasteiger partial charge in [0.15, 0.2) is 6.61 Å². The van der Waals surface area contributed by atoms with Crippen molar-refractivity contribution in [1.82, 2.24) is 0 Å². The second-order valence-corrected chi connectivity index (χ2v) is 6.81. The molecule has 1 aromatic carbocycles. The van der Waals surface area contributed by atoms with E-state index in [1.807, 2.05) is 13.0 Å². The highest BCUT2D eigenvalue weighted by Crippen LogP contribution is 2.32. The zero-order valence-corrected chi connectivity index (χ0v) is 12.9. The van der Waals surface area contributed by atoms with Gasteiger partial charge in [-0.25, -0.2) is 0 Å². The van der Waals surface area contributed by atoms with Gasteiger partial charge in [0.2, 0.25) is 5.78 Å². The fourth-order valence-electron chi connectivity index (χ4n) is 1.94. The standard InChI is InChI=1S/C14H10BrNO3S/c1-7-4-11(20-14(7)15)13(18)8-2-3-10-9(5-8)16-12(17)6-19-10/h2-5H,6H2,1H3,(H,16,17). The van der Waals surface area contributed by atoms with Crippen LogP contribution in [-0.4, -0.2) is 18.3 Å². The van der Waals surface area contributed by atoms with E-state index in [2.05, 4.69) is 21.2 Å². The topological polar surface area (TPSA) is 55.4 Å². The second kappa shape index (κ2) is 5.03. The first-order valence-electron chi connectivity index (χ1n) is 5.92. The van der Waals surface area contributed by atoms with E-state index in [1.165, 1.54) is 11.3 Å². The lowest BCUT2D eigenvalue weighted by atomic mass is 10.1. The van der Waals surface area contributed by atoms with Crippen molar-refractivity contribution in [2.45, 2.75) is 6.92 Å². The number of hydrogen-bond acceptors (Lipinski definition) is 4. The van der Waals surface area contributed by atoms with Crippen molar-refractivity contribution >= 4 is 44.6 Å². The van der Waals surface area contributed by atoms with Crippen molar-refractivity contribution in [1.29, 1.82) is 0 Å². The number of ketones is 1. The summed E-state index contributed by atoms with van der Waals surface area (Å²) in [6, 6.07) is 6.92. The molecule has 3 rings (SSSR count). The molecule has 20 heavy (non-hydrogen) atoms. The first-order chi connectivity index (χ1) is 9.54. The van der Waals surface area contributed by atoms with Crippen LogP contribution in [0.5, 0.6) is 5.75 Å². The van der Waals surface area contributed by atoms with Gasteiger partial charge in [0.1, 0.15) is 5.75 Å². The molecule has 0 radical (unpaired) electrons. The van der Waals surface area contributed by atoms with Crippen LogP contribution in [-0.2, 0) is 4.79 Å². The summed E-state index contributed by atoms with van der Waals surface area (Å²) in [7, 11) is 0. The fraction of sp³-hybridized carbons (Fsp3) is 0.143.